The van der Waals surface area contributed by atoms with Gasteiger partial charge in [0.2, 0.25) is 5.16 Å². The summed E-state index contributed by atoms with van der Waals surface area (Å²) in [6.45, 7) is 1.41. The molecule has 3 aromatic rings. The van der Waals surface area contributed by atoms with Crippen LogP contribution in [0, 0.1) is 0 Å². The summed E-state index contributed by atoms with van der Waals surface area (Å²) in [6, 6.07) is 15.3. The van der Waals surface area contributed by atoms with Gasteiger partial charge >= 0.3 is 0 Å². The summed E-state index contributed by atoms with van der Waals surface area (Å²) < 4.78 is 1.73. The van der Waals surface area contributed by atoms with Gasteiger partial charge in [-0.1, -0.05) is 59.2 Å². The van der Waals surface area contributed by atoms with Crippen LogP contribution in [-0.4, -0.2) is 32.5 Å². The summed E-state index contributed by atoms with van der Waals surface area (Å²) in [5.41, 5.74) is 1.86. The minimum Gasteiger partial charge on any atom is -1.00 e. The fourth-order valence-electron chi connectivity index (χ4n) is 2.13. The maximum atomic E-state index is 6.15. The number of hydrogen-bond donors (Lipinski definition) is 1. The van der Waals surface area contributed by atoms with Gasteiger partial charge in [0, 0.05) is 34.5 Å². The SMILES string of the molecule is Clc1cccc(Cl)c1CNCCSc1nnnn1-c1ccccc1.[Cl-]. The van der Waals surface area contributed by atoms with Crippen LogP contribution in [0.4, 0.5) is 0 Å². The lowest BCUT2D eigenvalue weighted by atomic mass is 10.2. The number of nitrogens with one attached hydrogen (secondary N) is 1. The van der Waals surface area contributed by atoms with Gasteiger partial charge in [-0.05, 0) is 34.7 Å². The zero-order valence-electron chi connectivity index (χ0n) is 13.1. The van der Waals surface area contributed by atoms with Crippen molar-refractivity contribution in [1.82, 2.24) is 25.5 Å². The van der Waals surface area contributed by atoms with E-state index in [0.717, 1.165) is 28.7 Å². The number of hydrogen-bond acceptors (Lipinski definition) is 5. The Morgan fingerprint density at radius 1 is 1.00 bits per heavy atom. The third kappa shape index (κ3) is 5.33. The largest absolute Gasteiger partial charge is 1.00 e. The average molecular weight is 416 g/mol. The summed E-state index contributed by atoms with van der Waals surface area (Å²) in [7, 11) is 0. The average Bonchev–Trinajstić information content (AvgIpc) is 3.06. The number of aromatic nitrogens is 4. The highest BCUT2D eigenvalue weighted by Gasteiger charge is 2.08. The summed E-state index contributed by atoms with van der Waals surface area (Å²) >= 11 is 13.9. The lowest BCUT2D eigenvalue weighted by Crippen LogP contribution is -3.00. The van der Waals surface area contributed by atoms with Crippen molar-refractivity contribution in [2.24, 2.45) is 0 Å². The number of rotatable bonds is 7. The lowest BCUT2D eigenvalue weighted by molar-refractivity contribution is -0.00000475. The quantitative estimate of drug-likeness (QED) is 0.458. The van der Waals surface area contributed by atoms with Crippen LogP contribution in [0.3, 0.4) is 0 Å². The Hall–Kier alpha value is -1.31. The van der Waals surface area contributed by atoms with E-state index in [4.69, 9.17) is 23.2 Å². The number of nitrogens with zero attached hydrogens (tertiary/aromatic N) is 4. The van der Waals surface area contributed by atoms with Crippen molar-refractivity contribution in [2.75, 3.05) is 12.3 Å². The minimum atomic E-state index is 0. The zero-order valence-corrected chi connectivity index (χ0v) is 16.2. The van der Waals surface area contributed by atoms with E-state index in [-0.39, 0.29) is 12.4 Å². The Labute approximate surface area is 166 Å². The predicted octanol–water partition coefficient (Wildman–Crippen LogP) is 0.855. The van der Waals surface area contributed by atoms with Crippen LogP contribution in [0.1, 0.15) is 5.56 Å². The second-order valence-electron chi connectivity index (χ2n) is 4.93. The molecule has 0 bridgehead atoms. The fraction of sp³-hybridized carbons (Fsp3) is 0.188. The first-order valence-electron chi connectivity index (χ1n) is 7.36. The van der Waals surface area contributed by atoms with Crippen LogP contribution in [0.15, 0.2) is 53.7 Å². The van der Waals surface area contributed by atoms with Gasteiger partial charge in [-0.25, -0.2) is 0 Å². The van der Waals surface area contributed by atoms with Gasteiger partial charge in [0.05, 0.1) is 5.69 Å². The van der Waals surface area contributed by atoms with Gasteiger partial charge in [0.25, 0.3) is 0 Å². The van der Waals surface area contributed by atoms with Crippen LogP contribution < -0.4 is 17.7 Å². The first-order chi connectivity index (χ1) is 11.8. The number of para-hydroxylation sites is 1. The van der Waals surface area contributed by atoms with Crippen LogP contribution in [0.5, 0.6) is 0 Å². The van der Waals surface area contributed by atoms with E-state index in [1.807, 2.05) is 48.5 Å². The third-order valence-corrected chi connectivity index (χ3v) is 4.94. The van der Waals surface area contributed by atoms with Gasteiger partial charge in [-0.3, -0.25) is 0 Å². The van der Waals surface area contributed by atoms with Crippen LogP contribution >= 0.6 is 35.0 Å². The third-order valence-electron chi connectivity index (χ3n) is 3.32. The van der Waals surface area contributed by atoms with Gasteiger partial charge in [-0.15, -0.1) is 5.10 Å². The molecule has 2 aromatic carbocycles. The molecule has 0 aliphatic carbocycles. The maximum absolute atomic E-state index is 6.15. The molecule has 0 aliphatic rings. The maximum Gasteiger partial charge on any atom is 0.214 e. The predicted molar refractivity (Wildman–Crippen MR) is 98.0 cm³/mol. The van der Waals surface area contributed by atoms with E-state index in [1.165, 1.54) is 0 Å². The van der Waals surface area contributed by atoms with Crippen LogP contribution in [0.25, 0.3) is 5.69 Å². The van der Waals surface area contributed by atoms with Crippen molar-refractivity contribution in [3.63, 3.8) is 0 Å². The molecule has 5 nitrogen and oxygen atoms in total. The Balaban J connectivity index is 0.00000225. The summed E-state index contributed by atoms with van der Waals surface area (Å²) in [5, 5.41) is 17.3. The highest BCUT2D eigenvalue weighted by molar-refractivity contribution is 7.99. The molecule has 0 radical (unpaired) electrons. The number of tetrazole rings is 1. The summed E-state index contributed by atoms with van der Waals surface area (Å²) in [6.07, 6.45) is 0. The van der Waals surface area contributed by atoms with Gasteiger partial charge in [-0.2, -0.15) is 4.68 Å². The number of halogens is 3. The van der Waals surface area contributed by atoms with Gasteiger partial charge < -0.3 is 17.7 Å². The highest BCUT2D eigenvalue weighted by atomic mass is 35.5. The highest BCUT2D eigenvalue weighted by Crippen LogP contribution is 2.24. The van der Waals surface area contributed by atoms with Gasteiger partial charge in [0.15, 0.2) is 0 Å². The van der Waals surface area contributed by atoms with Crippen molar-refractivity contribution in [3.8, 4) is 5.69 Å². The molecule has 9 heteroatoms. The Morgan fingerprint density at radius 3 is 2.44 bits per heavy atom. The second-order valence-corrected chi connectivity index (χ2v) is 6.81. The first kappa shape index (κ1) is 20.0. The molecular formula is C16H15Cl3N5S-. The standard InChI is InChI=1S/C16H15Cl2N5S.ClH/c17-14-7-4-8-15(18)13(14)11-19-9-10-24-16-20-21-22-23(16)12-5-2-1-3-6-12;/h1-8,19H,9-11H2;1H/p-1. The normalized spacial score (nSPS) is 10.5. The van der Waals surface area contributed by atoms with E-state index in [9.17, 15) is 0 Å². The van der Waals surface area contributed by atoms with Crippen molar-refractivity contribution in [2.45, 2.75) is 11.7 Å². The van der Waals surface area contributed by atoms with E-state index in [2.05, 4.69) is 20.8 Å². The zero-order chi connectivity index (χ0) is 16.8. The van der Waals surface area contributed by atoms with Crippen molar-refractivity contribution >= 4 is 35.0 Å². The Kier molecular flexibility index (Phi) is 7.99. The smallest absolute Gasteiger partial charge is 0.214 e. The van der Waals surface area contributed by atoms with Crippen LogP contribution in [-0.2, 0) is 6.54 Å². The molecular weight excluding hydrogens is 401 g/mol. The second kappa shape index (κ2) is 9.99. The molecule has 1 N–H and O–H groups in total. The molecule has 1 aromatic heterocycles. The van der Waals surface area contributed by atoms with Gasteiger partial charge in [0.1, 0.15) is 0 Å². The molecule has 0 fully saturated rings. The van der Waals surface area contributed by atoms with E-state index in [1.54, 1.807) is 16.4 Å². The molecule has 25 heavy (non-hydrogen) atoms. The topological polar surface area (TPSA) is 55.6 Å². The van der Waals surface area contributed by atoms with Crippen molar-refractivity contribution < 1.29 is 12.4 Å². The number of thioether (sulfide) groups is 1. The molecule has 1 heterocycles. The molecule has 0 saturated heterocycles. The van der Waals surface area contributed by atoms with E-state index < -0.39 is 0 Å². The molecule has 132 valence electrons. The lowest BCUT2D eigenvalue weighted by Gasteiger charge is -2.08. The molecule has 3 rings (SSSR count). The molecule has 0 spiro atoms. The van der Waals surface area contributed by atoms with Crippen LogP contribution in [0.2, 0.25) is 10.0 Å². The fourth-order valence-corrected chi connectivity index (χ4v) is 3.45. The molecule has 0 saturated carbocycles. The monoisotopic (exact) mass is 414 g/mol. The van der Waals surface area contributed by atoms with E-state index >= 15 is 0 Å². The Morgan fingerprint density at radius 2 is 1.72 bits per heavy atom. The van der Waals surface area contributed by atoms with Crippen molar-refractivity contribution in [1.29, 1.82) is 0 Å². The number of benzene rings is 2. The molecule has 0 aliphatic heterocycles. The molecule has 0 unspecified atom stereocenters. The molecule has 0 amide bonds. The van der Waals surface area contributed by atoms with E-state index in [0.29, 0.717) is 16.6 Å². The Bertz CT molecular complexity index is 777. The van der Waals surface area contributed by atoms with Crippen molar-refractivity contribution in [3.05, 3.63) is 64.1 Å². The first-order valence-corrected chi connectivity index (χ1v) is 9.10. The minimum absolute atomic E-state index is 0. The molecule has 0 atom stereocenters. The summed E-state index contributed by atoms with van der Waals surface area (Å²) in [4.78, 5) is 0. The summed E-state index contributed by atoms with van der Waals surface area (Å²) in [5.74, 6) is 0.829.